The number of nitrogens with zero attached hydrogens (tertiary/aromatic N) is 4. The predicted molar refractivity (Wildman–Crippen MR) is 338 cm³/mol. The molecule has 4 fully saturated rings. The van der Waals surface area contributed by atoms with Gasteiger partial charge in [-0.15, -0.1) is 11.8 Å². The van der Waals surface area contributed by atoms with Gasteiger partial charge in [-0.2, -0.15) is 0 Å². The summed E-state index contributed by atoms with van der Waals surface area (Å²) >= 11 is 1.60. The number of rotatable bonds is 41. The number of thioether (sulfide) groups is 1. The molecule has 4 aliphatic heterocycles. The fourth-order valence-corrected chi connectivity index (χ4v) is 10.3. The molecule has 0 aliphatic carbocycles. The SMILES string of the molecule is CNNC=CCCCCCN1C(=O)CC(NC(C)C)C1=O.CNNC=CCCCCCN1C(=O)CC(NNC(C)C)C1=O.CNNC=CCCCCCN1C(=O)CC(OC(C)C)C1=O.CNNC=CCCCCCN1C(=O)CC(SC(C)C)C1=O. The Balaban J connectivity index is 0.000000567. The van der Waals surface area contributed by atoms with Crippen molar-refractivity contribution in [2.45, 2.75) is 231 Å². The monoisotopic (exact) mass is 1220 g/mol. The molecule has 0 spiro atoms. The van der Waals surface area contributed by atoms with Gasteiger partial charge in [-0.3, -0.25) is 63.4 Å². The molecule has 4 unspecified atom stereocenters. The van der Waals surface area contributed by atoms with Gasteiger partial charge in [0, 0.05) is 97.7 Å². The Kier molecular flexibility index (Phi) is 43.8. The van der Waals surface area contributed by atoms with E-state index in [0.717, 1.165) is 103 Å². The highest BCUT2D eigenvalue weighted by Crippen LogP contribution is 2.28. The summed E-state index contributed by atoms with van der Waals surface area (Å²) in [6.07, 6.45) is 31.9. The zero-order valence-electron chi connectivity index (χ0n) is 53.6. The van der Waals surface area contributed by atoms with Gasteiger partial charge in [0.1, 0.15) is 12.1 Å². The Labute approximate surface area is 513 Å². The highest BCUT2D eigenvalue weighted by Gasteiger charge is 2.41. The summed E-state index contributed by atoms with van der Waals surface area (Å²) in [5, 5.41) is 3.37. The van der Waals surface area contributed by atoms with E-state index >= 15 is 0 Å². The Morgan fingerprint density at radius 2 is 0.788 bits per heavy atom. The minimum absolute atomic E-state index is 0.00346. The van der Waals surface area contributed by atoms with Crippen molar-refractivity contribution in [3.05, 3.63) is 49.1 Å². The molecule has 0 saturated carbocycles. The Bertz CT molecular complexity index is 1890. The molecule has 0 aromatic rings. The van der Waals surface area contributed by atoms with Crippen LogP contribution in [0.3, 0.4) is 0 Å². The van der Waals surface area contributed by atoms with Gasteiger partial charge in [0.15, 0.2) is 0 Å². The number of carbonyl (C=O) groups excluding carboxylic acids is 8. The average molecular weight is 1220 g/mol. The first-order valence-corrected chi connectivity index (χ1v) is 31.9. The molecule has 11 N–H and O–H groups in total. The van der Waals surface area contributed by atoms with E-state index in [-0.39, 0.29) is 89.6 Å². The number of likely N-dealkylation sites (tertiary alicyclic amines) is 4. The number of hydrazine groups is 5. The van der Waals surface area contributed by atoms with Crippen LogP contribution < -0.4 is 59.6 Å². The van der Waals surface area contributed by atoms with Crippen molar-refractivity contribution in [2.24, 2.45) is 0 Å². The molecule has 24 nitrogen and oxygen atoms in total. The van der Waals surface area contributed by atoms with Crippen LogP contribution in [0.25, 0.3) is 0 Å². The Morgan fingerprint density at radius 1 is 0.435 bits per heavy atom. The molecule has 4 atom stereocenters. The van der Waals surface area contributed by atoms with Crippen molar-refractivity contribution in [3.63, 3.8) is 0 Å². The number of amides is 8. The van der Waals surface area contributed by atoms with E-state index in [1.165, 1.54) is 19.6 Å². The third-order valence-electron chi connectivity index (χ3n) is 13.2. The van der Waals surface area contributed by atoms with Crippen LogP contribution in [0.1, 0.15) is 184 Å². The van der Waals surface area contributed by atoms with Gasteiger partial charge in [0.25, 0.3) is 5.91 Å². The van der Waals surface area contributed by atoms with Crippen LogP contribution in [0.4, 0.5) is 0 Å². The molecule has 4 heterocycles. The Morgan fingerprint density at radius 3 is 1.15 bits per heavy atom. The lowest BCUT2D eigenvalue weighted by Crippen LogP contribution is -2.48. The molecule has 0 aromatic carbocycles. The summed E-state index contributed by atoms with van der Waals surface area (Å²) in [4.78, 5) is 101. The average Bonchev–Trinajstić information content (AvgIpc) is 4.33. The van der Waals surface area contributed by atoms with E-state index in [1.54, 1.807) is 11.8 Å². The second-order valence-corrected chi connectivity index (χ2v) is 23.9. The zero-order valence-corrected chi connectivity index (χ0v) is 54.4. The van der Waals surface area contributed by atoms with Gasteiger partial charge in [-0.05, 0) is 110 Å². The first-order chi connectivity index (χ1) is 40.7. The van der Waals surface area contributed by atoms with E-state index in [2.05, 4.69) is 97.7 Å². The second-order valence-electron chi connectivity index (χ2n) is 22.2. The molecular weight excluding hydrogens is 1110 g/mol. The van der Waals surface area contributed by atoms with Crippen molar-refractivity contribution in [3.8, 4) is 0 Å². The van der Waals surface area contributed by atoms with Crippen LogP contribution in [0, 0.1) is 0 Å². The predicted octanol–water partition coefficient (Wildman–Crippen LogP) is 4.72. The fourth-order valence-electron chi connectivity index (χ4n) is 9.13. The summed E-state index contributed by atoms with van der Waals surface area (Å²) in [6.45, 7) is 17.9. The molecule has 0 aromatic heterocycles. The molecule has 4 rings (SSSR count). The summed E-state index contributed by atoms with van der Waals surface area (Å²) in [6, 6.07) is -0.314. The lowest BCUT2D eigenvalue weighted by molar-refractivity contribution is -0.144. The highest BCUT2D eigenvalue weighted by atomic mass is 32.2. The number of hydrogen-bond acceptors (Lipinski definition) is 21. The first-order valence-electron chi connectivity index (χ1n) is 31.0. The molecular formula is C60H111N15O9S. The Hall–Kier alpha value is -5.25. The number of ether oxygens (including phenoxy) is 1. The van der Waals surface area contributed by atoms with Crippen LogP contribution in [0.2, 0.25) is 0 Å². The summed E-state index contributed by atoms with van der Waals surface area (Å²) in [7, 11) is 7.26. The summed E-state index contributed by atoms with van der Waals surface area (Å²) in [5.74, 6) is -0.575. The number of nitrogens with one attached hydrogen (secondary N) is 11. The maximum atomic E-state index is 12.1. The third kappa shape index (κ3) is 34.6. The van der Waals surface area contributed by atoms with Crippen LogP contribution in [-0.4, -0.2) is 168 Å². The smallest absolute Gasteiger partial charge is 0.258 e. The van der Waals surface area contributed by atoms with E-state index in [4.69, 9.17) is 4.74 Å². The summed E-state index contributed by atoms with van der Waals surface area (Å²) in [5.41, 5.74) is 28.7. The van der Waals surface area contributed by atoms with Crippen molar-refractivity contribution in [2.75, 3.05) is 54.4 Å². The van der Waals surface area contributed by atoms with Crippen LogP contribution >= 0.6 is 11.8 Å². The van der Waals surface area contributed by atoms with Gasteiger partial charge in [-0.1, -0.05) is 77.7 Å². The molecule has 486 valence electrons. The standard InChI is InChI=1S/C15H29N5O2.C15H28N4O2.C15H27N3O3.C15H27N3O2S/c1-12(2)18-19-13-11-14(21)20(15(13)22)10-8-6-4-5-7-9-17-16-3;1-12(2)18-13-11-14(20)19(15(13)21)10-8-6-4-5-7-9-17-16-3;2*1-12(2)21-13-11-14(19)18(15(13)20)10-8-6-4-5-7-9-17-16-3/h7,9,12-13,16-19H,4-6,8,10-11H2,1-3H3;7,9,12-13,16-18H,4-6,8,10-11H2,1-3H3;2*7,9,12-13,16-17H,4-6,8,10-11H2,1-3H3. The lowest BCUT2D eigenvalue weighted by atomic mass is 10.2. The number of unbranched alkanes of at least 4 members (excludes halogenated alkanes) is 12. The minimum Gasteiger partial charge on any atom is -0.365 e. The highest BCUT2D eigenvalue weighted by molar-refractivity contribution is 8.01. The van der Waals surface area contributed by atoms with Crippen LogP contribution in [0.5, 0.6) is 0 Å². The molecule has 0 bridgehead atoms. The van der Waals surface area contributed by atoms with Crippen molar-refractivity contribution >= 4 is 59.0 Å². The molecule has 85 heavy (non-hydrogen) atoms. The van der Waals surface area contributed by atoms with Crippen molar-refractivity contribution in [1.82, 2.24) is 79.2 Å². The summed E-state index contributed by atoms with van der Waals surface area (Å²) < 4.78 is 5.47. The number of hydrogen-bond donors (Lipinski definition) is 11. The van der Waals surface area contributed by atoms with Crippen LogP contribution in [-0.2, 0) is 43.1 Å². The zero-order chi connectivity index (χ0) is 63.4. The molecule has 8 amide bonds. The maximum Gasteiger partial charge on any atom is 0.258 e. The lowest BCUT2D eigenvalue weighted by Gasteiger charge is -2.16. The largest absolute Gasteiger partial charge is 0.365 e. The van der Waals surface area contributed by atoms with Crippen LogP contribution in [0.15, 0.2) is 49.1 Å². The number of imide groups is 4. The van der Waals surface area contributed by atoms with Gasteiger partial charge < -0.3 is 31.8 Å². The minimum atomic E-state index is -0.576. The fraction of sp³-hybridized carbons (Fsp3) is 0.733. The normalized spacial score (nSPS) is 19.2. The van der Waals surface area contributed by atoms with E-state index in [9.17, 15) is 38.4 Å². The van der Waals surface area contributed by atoms with Gasteiger partial charge in [0.2, 0.25) is 41.4 Å². The number of carbonyl (C=O) groups is 8. The van der Waals surface area contributed by atoms with Crippen molar-refractivity contribution in [1.29, 1.82) is 0 Å². The molecule has 4 aliphatic rings. The number of allylic oxidation sites excluding steroid dienone is 4. The first kappa shape index (κ1) is 77.8. The van der Waals surface area contributed by atoms with E-state index < -0.39 is 12.1 Å². The maximum absolute atomic E-state index is 12.1. The topological polar surface area (TPSA) is 291 Å². The third-order valence-corrected chi connectivity index (χ3v) is 14.5. The molecule has 25 heteroatoms. The molecule has 4 saturated heterocycles. The van der Waals surface area contributed by atoms with E-state index in [0.29, 0.717) is 44.3 Å². The van der Waals surface area contributed by atoms with Gasteiger partial charge in [-0.25, -0.2) is 27.1 Å². The van der Waals surface area contributed by atoms with Gasteiger partial charge >= 0.3 is 0 Å². The quantitative estimate of drug-likeness (QED) is 0.0224. The van der Waals surface area contributed by atoms with Gasteiger partial charge in [0.05, 0.1) is 36.7 Å². The van der Waals surface area contributed by atoms with E-state index in [1.807, 2.05) is 94.5 Å². The second kappa shape index (κ2) is 47.8. The van der Waals surface area contributed by atoms with Crippen molar-refractivity contribution < 1.29 is 43.1 Å². The molecule has 0 radical (unpaired) electrons.